The van der Waals surface area contributed by atoms with E-state index in [1.807, 2.05) is 6.07 Å². The number of pyridine rings is 1. The molecule has 0 aromatic carbocycles. The zero-order valence-electron chi connectivity index (χ0n) is 12.2. The van der Waals surface area contributed by atoms with Gasteiger partial charge in [0.1, 0.15) is 0 Å². The first kappa shape index (κ1) is 14.0. The fourth-order valence-corrected chi connectivity index (χ4v) is 2.84. The monoisotopic (exact) mass is 289 g/mol. The van der Waals surface area contributed by atoms with Gasteiger partial charge < -0.3 is 15.4 Å². The molecule has 0 aliphatic carbocycles. The van der Waals surface area contributed by atoms with Crippen molar-refractivity contribution in [2.24, 2.45) is 0 Å². The van der Waals surface area contributed by atoms with Crippen molar-refractivity contribution in [3.63, 3.8) is 0 Å². The number of hydrogen-bond donors (Lipinski definition) is 1. The number of rotatable bonds is 3. The second kappa shape index (κ2) is 5.42. The van der Waals surface area contributed by atoms with Crippen LogP contribution in [0.5, 0.6) is 0 Å². The van der Waals surface area contributed by atoms with Crippen LogP contribution in [0.2, 0.25) is 0 Å². The van der Waals surface area contributed by atoms with Gasteiger partial charge in [0.2, 0.25) is 5.65 Å². The van der Waals surface area contributed by atoms with Crippen molar-refractivity contribution in [2.45, 2.75) is 32.5 Å². The van der Waals surface area contributed by atoms with Gasteiger partial charge >= 0.3 is 5.82 Å². The Morgan fingerprint density at radius 2 is 2.29 bits per heavy atom. The van der Waals surface area contributed by atoms with Gasteiger partial charge in [-0.05, 0) is 24.8 Å². The van der Waals surface area contributed by atoms with E-state index in [1.54, 1.807) is 22.7 Å². The van der Waals surface area contributed by atoms with E-state index in [9.17, 15) is 10.1 Å². The summed E-state index contributed by atoms with van der Waals surface area (Å²) in [5.74, 6) is 0.0731. The molecule has 1 aliphatic rings. The van der Waals surface area contributed by atoms with E-state index in [0.717, 1.165) is 13.1 Å². The van der Waals surface area contributed by atoms with Gasteiger partial charge in [0.05, 0.1) is 6.20 Å². The summed E-state index contributed by atoms with van der Waals surface area (Å²) in [4.78, 5) is 17.7. The molecule has 2 unspecified atom stereocenters. The maximum Gasteiger partial charge on any atom is 0.352 e. The van der Waals surface area contributed by atoms with Crippen LogP contribution in [-0.2, 0) is 6.54 Å². The fourth-order valence-electron chi connectivity index (χ4n) is 2.84. The lowest BCUT2D eigenvalue weighted by Crippen LogP contribution is -2.53. The zero-order chi connectivity index (χ0) is 15.0. The van der Waals surface area contributed by atoms with Crippen molar-refractivity contribution < 1.29 is 4.92 Å². The number of nitro groups is 1. The van der Waals surface area contributed by atoms with Crippen LogP contribution < -0.4 is 5.32 Å². The minimum Gasteiger partial charge on any atom is -0.358 e. The highest BCUT2D eigenvalue weighted by Gasteiger charge is 2.28. The second-order valence-corrected chi connectivity index (χ2v) is 5.66. The molecule has 0 radical (unpaired) electrons. The van der Waals surface area contributed by atoms with Crippen molar-refractivity contribution in [3.8, 4) is 0 Å². The smallest absolute Gasteiger partial charge is 0.352 e. The Bertz CT molecular complexity index is 668. The number of nitrogens with one attached hydrogen (secondary N) is 1. The lowest BCUT2D eigenvalue weighted by molar-refractivity contribution is -0.391. The van der Waals surface area contributed by atoms with Gasteiger partial charge in [-0.1, -0.05) is 6.07 Å². The van der Waals surface area contributed by atoms with E-state index in [1.165, 1.54) is 0 Å². The normalized spacial score (nSPS) is 23.5. The predicted molar refractivity (Wildman–Crippen MR) is 79.2 cm³/mol. The zero-order valence-corrected chi connectivity index (χ0v) is 12.2. The molecule has 1 aliphatic heterocycles. The summed E-state index contributed by atoms with van der Waals surface area (Å²) in [5, 5.41) is 14.8. The van der Waals surface area contributed by atoms with Gasteiger partial charge in [0.15, 0.2) is 5.69 Å². The highest BCUT2D eigenvalue weighted by Crippen LogP contribution is 2.23. The second-order valence-electron chi connectivity index (χ2n) is 5.66. The van der Waals surface area contributed by atoms with Crippen LogP contribution >= 0.6 is 0 Å². The summed E-state index contributed by atoms with van der Waals surface area (Å²) < 4.78 is 1.55. The number of hydrogen-bond acceptors (Lipinski definition) is 5. The Balaban J connectivity index is 1.96. The van der Waals surface area contributed by atoms with E-state index < -0.39 is 0 Å². The van der Waals surface area contributed by atoms with E-state index >= 15 is 0 Å². The highest BCUT2D eigenvalue weighted by molar-refractivity contribution is 5.48. The number of fused-ring (bicyclic) bond motifs is 1. The largest absolute Gasteiger partial charge is 0.358 e. The fraction of sp³-hybridized carbons (Fsp3) is 0.500. The minimum atomic E-state index is -0.342. The third kappa shape index (κ3) is 2.62. The van der Waals surface area contributed by atoms with Crippen LogP contribution in [-0.4, -0.2) is 44.4 Å². The molecule has 0 amide bonds. The van der Waals surface area contributed by atoms with Gasteiger partial charge in [-0.2, -0.15) is 4.40 Å². The number of aromatic nitrogens is 2. The van der Waals surface area contributed by atoms with E-state index in [4.69, 9.17) is 0 Å². The molecule has 0 bridgehead atoms. The molecule has 2 aromatic rings. The molecule has 1 saturated heterocycles. The van der Waals surface area contributed by atoms with Crippen molar-refractivity contribution in [1.29, 1.82) is 0 Å². The van der Waals surface area contributed by atoms with Crippen molar-refractivity contribution in [2.75, 3.05) is 13.1 Å². The lowest BCUT2D eigenvalue weighted by atomic mass is 10.1. The van der Waals surface area contributed by atoms with Gasteiger partial charge in [0, 0.05) is 37.8 Å². The molecule has 21 heavy (non-hydrogen) atoms. The Labute approximate surface area is 122 Å². The average Bonchev–Trinajstić information content (AvgIpc) is 2.80. The van der Waals surface area contributed by atoms with Crippen LogP contribution in [0.1, 0.15) is 19.5 Å². The summed E-state index contributed by atoms with van der Waals surface area (Å²) in [6.07, 6.45) is 1.69. The van der Waals surface area contributed by atoms with Crippen LogP contribution in [0.3, 0.4) is 0 Å². The van der Waals surface area contributed by atoms with E-state index in [2.05, 4.69) is 29.0 Å². The molecule has 1 fully saturated rings. The molecule has 0 spiro atoms. The Morgan fingerprint density at radius 3 is 3.05 bits per heavy atom. The van der Waals surface area contributed by atoms with Gasteiger partial charge in [-0.3, -0.25) is 4.90 Å². The number of piperazine rings is 1. The third-order valence-corrected chi connectivity index (χ3v) is 3.99. The molecular weight excluding hydrogens is 270 g/mol. The standard InChI is InChI=1S/C14H19N5O2/c1-10-8-17(11(2)7-15-10)9-12-14(19(20)21)18-6-4-3-5-13(18)16-12/h3-6,10-11,15H,7-9H2,1-2H3. The lowest BCUT2D eigenvalue weighted by Gasteiger charge is -2.36. The molecule has 7 nitrogen and oxygen atoms in total. The van der Waals surface area contributed by atoms with E-state index in [-0.39, 0.29) is 10.7 Å². The summed E-state index contributed by atoms with van der Waals surface area (Å²) >= 11 is 0. The number of nitrogens with zero attached hydrogens (tertiary/aromatic N) is 4. The maximum atomic E-state index is 11.4. The summed E-state index contributed by atoms with van der Waals surface area (Å²) in [7, 11) is 0. The van der Waals surface area contributed by atoms with Crippen LogP contribution in [0.25, 0.3) is 5.65 Å². The molecular formula is C14H19N5O2. The molecule has 2 atom stereocenters. The molecule has 0 saturated carbocycles. The first-order chi connectivity index (χ1) is 10.1. The quantitative estimate of drug-likeness (QED) is 0.683. The van der Waals surface area contributed by atoms with E-state index in [0.29, 0.717) is 30.0 Å². The predicted octanol–water partition coefficient (Wildman–Crippen LogP) is 1.42. The van der Waals surface area contributed by atoms with Gasteiger partial charge in [0.25, 0.3) is 0 Å². The molecule has 7 heteroatoms. The maximum absolute atomic E-state index is 11.4. The summed E-state index contributed by atoms with van der Waals surface area (Å²) in [6.45, 7) is 6.51. The Hall–Kier alpha value is -1.99. The van der Waals surface area contributed by atoms with Crippen LogP contribution in [0.4, 0.5) is 5.82 Å². The van der Waals surface area contributed by atoms with Crippen LogP contribution in [0.15, 0.2) is 24.4 Å². The topological polar surface area (TPSA) is 75.7 Å². The summed E-state index contributed by atoms with van der Waals surface area (Å²) in [6, 6.07) is 6.13. The molecule has 3 heterocycles. The first-order valence-electron chi connectivity index (χ1n) is 7.14. The van der Waals surface area contributed by atoms with Crippen molar-refractivity contribution >= 4 is 11.5 Å². The molecule has 1 N–H and O–H groups in total. The minimum absolute atomic E-state index is 0.0731. The van der Waals surface area contributed by atoms with Gasteiger partial charge in [-0.15, -0.1) is 0 Å². The first-order valence-corrected chi connectivity index (χ1v) is 7.14. The third-order valence-electron chi connectivity index (χ3n) is 3.99. The van der Waals surface area contributed by atoms with Crippen molar-refractivity contribution in [3.05, 3.63) is 40.2 Å². The molecule has 3 rings (SSSR count). The van der Waals surface area contributed by atoms with Gasteiger partial charge in [-0.25, -0.2) is 4.98 Å². The van der Waals surface area contributed by atoms with Crippen LogP contribution in [0, 0.1) is 10.1 Å². The Kier molecular flexibility index (Phi) is 3.60. The van der Waals surface area contributed by atoms with Crippen molar-refractivity contribution in [1.82, 2.24) is 19.6 Å². The molecule has 112 valence electrons. The average molecular weight is 289 g/mol. The Morgan fingerprint density at radius 1 is 1.48 bits per heavy atom. The highest BCUT2D eigenvalue weighted by atomic mass is 16.6. The number of imidazole rings is 1. The summed E-state index contributed by atoms with van der Waals surface area (Å²) in [5.41, 5.74) is 1.15. The SMILES string of the molecule is CC1CN(Cc2nc3ccccn3c2[N+](=O)[O-])C(C)CN1. The molecule has 2 aromatic heterocycles.